The van der Waals surface area contributed by atoms with Crippen molar-refractivity contribution >= 4 is 12.1 Å². The molecule has 0 fully saturated rings. The number of ether oxygens (including phenoxy) is 2. The molecule has 6 heteroatoms. The average molecular weight is 322 g/mol. The maximum atomic E-state index is 12.1. The van der Waals surface area contributed by atoms with Crippen LogP contribution in [0, 0.1) is 0 Å². The highest BCUT2D eigenvalue weighted by Gasteiger charge is 2.26. The Balaban J connectivity index is 2.54. The molecule has 0 spiro atoms. The number of carbonyl (C=O) groups is 2. The van der Waals surface area contributed by atoms with E-state index < -0.39 is 23.7 Å². The minimum Gasteiger partial charge on any atom is -0.458 e. The van der Waals surface area contributed by atoms with E-state index in [0.717, 1.165) is 5.56 Å². The van der Waals surface area contributed by atoms with Crippen LogP contribution >= 0.6 is 0 Å². The summed E-state index contributed by atoms with van der Waals surface area (Å²) in [4.78, 5) is 24.0. The third-order valence-corrected chi connectivity index (χ3v) is 2.89. The summed E-state index contributed by atoms with van der Waals surface area (Å²) >= 11 is 0. The summed E-state index contributed by atoms with van der Waals surface area (Å²) in [5, 5.41) is 2.55. The molecule has 0 saturated carbocycles. The lowest BCUT2D eigenvalue weighted by Crippen LogP contribution is -2.44. The lowest BCUT2D eigenvalue weighted by atomic mass is 10.1. The molecule has 6 nitrogen and oxygen atoms in total. The number of rotatable bonds is 7. The lowest BCUT2D eigenvalue weighted by molar-refractivity contribution is -0.157. The molecular formula is C17H26N2O4. The first kappa shape index (κ1) is 19.0. The van der Waals surface area contributed by atoms with E-state index in [1.54, 1.807) is 20.8 Å². The highest BCUT2D eigenvalue weighted by atomic mass is 16.6. The van der Waals surface area contributed by atoms with Crippen LogP contribution in [0.15, 0.2) is 30.3 Å². The molecule has 1 aromatic carbocycles. The Hall–Kier alpha value is -2.08. The minimum atomic E-state index is -0.763. The molecule has 1 amide bonds. The van der Waals surface area contributed by atoms with E-state index in [4.69, 9.17) is 15.2 Å². The van der Waals surface area contributed by atoms with Crippen LogP contribution in [0.5, 0.6) is 0 Å². The number of hydrogen-bond donors (Lipinski definition) is 2. The second-order valence-corrected chi connectivity index (χ2v) is 6.22. The van der Waals surface area contributed by atoms with Gasteiger partial charge in [0.05, 0.1) is 0 Å². The fourth-order valence-electron chi connectivity index (χ4n) is 1.85. The minimum absolute atomic E-state index is 0.143. The van der Waals surface area contributed by atoms with Crippen LogP contribution in [0.25, 0.3) is 0 Å². The Morgan fingerprint density at radius 3 is 2.43 bits per heavy atom. The van der Waals surface area contributed by atoms with Crippen LogP contribution in [0.1, 0.15) is 39.2 Å². The summed E-state index contributed by atoms with van der Waals surface area (Å²) < 4.78 is 10.4. The van der Waals surface area contributed by atoms with E-state index in [-0.39, 0.29) is 6.61 Å². The molecule has 128 valence electrons. The first-order valence-electron chi connectivity index (χ1n) is 7.72. The molecular weight excluding hydrogens is 296 g/mol. The van der Waals surface area contributed by atoms with Gasteiger partial charge in [-0.3, -0.25) is 0 Å². The summed E-state index contributed by atoms with van der Waals surface area (Å²) in [7, 11) is 0. The van der Waals surface area contributed by atoms with Crippen molar-refractivity contribution in [3.8, 4) is 0 Å². The summed E-state index contributed by atoms with van der Waals surface area (Å²) in [5.41, 5.74) is 5.73. The topological polar surface area (TPSA) is 90.6 Å². The van der Waals surface area contributed by atoms with Crippen LogP contribution in [-0.2, 0) is 20.9 Å². The van der Waals surface area contributed by atoms with Crippen molar-refractivity contribution in [3.63, 3.8) is 0 Å². The predicted molar refractivity (Wildman–Crippen MR) is 87.7 cm³/mol. The standard InChI is InChI=1S/C17H26N2O4/c1-17(2,3)23-15(20)14(10-7-11-18)19-16(21)22-12-13-8-5-4-6-9-13/h4-6,8-9,14H,7,10-12,18H2,1-3H3,(H,19,21)/t14-/m1/s1. The fraction of sp³-hybridized carbons (Fsp3) is 0.529. The van der Waals surface area contributed by atoms with Gasteiger partial charge in [-0.15, -0.1) is 0 Å². The number of nitrogens with one attached hydrogen (secondary N) is 1. The van der Waals surface area contributed by atoms with E-state index in [9.17, 15) is 9.59 Å². The molecule has 1 rings (SSSR count). The zero-order valence-corrected chi connectivity index (χ0v) is 14.0. The molecule has 1 aromatic rings. The summed E-state index contributed by atoms with van der Waals surface area (Å²) in [5.74, 6) is -0.484. The maximum Gasteiger partial charge on any atom is 0.408 e. The van der Waals surface area contributed by atoms with Gasteiger partial charge in [0, 0.05) is 0 Å². The van der Waals surface area contributed by atoms with Gasteiger partial charge in [0.2, 0.25) is 0 Å². The maximum absolute atomic E-state index is 12.1. The second kappa shape index (κ2) is 9.15. The van der Waals surface area contributed by atoms with Gasteiger partial charge in [-0.2, -0.15) is 0 Å². The molecule has 0 aromatic heterocycles. The molecule has 0 aliphatic rings. The molecule has 0 unspecified atom stereocenters. The van der Waals surface area contributed by atoms with Crippen LogP contribution in [0.4, 0.5) is 4.79 Å². The Kier molecular flexibility index (Phi) is 7.54. The highest BCUT2D eigenvalue weighted by Crippen LogP contribution is 2.11. The van der Waals surface area contributed by atoms with Gasteiger partial charge in [-0.1, -0.05) is 30.3 Å². The highest BCUT2D eigenvalue weighted by molar-refractivity contribution is 5.81. The molecule has 0 aliphatic carbocycles. The number of hydrogen-bond acceptors (Lipinski definition) is 5. The van der Waals surface area contributed by atoms with Crippen molar-refractivity contribution in [3.05, 3.63) is 35.9 Å². The third-order valence-electron chi connectivity index (χ3n) is 2.89. The van der Waals surface area contributed by atoms with Crippen molar-refractivity contribution in [2.24, 2.45) is 5.73 Å². The van der Waals surface area contributed by atoms with Crippen LogP contribution in [0.3, 0.4) is 0 Å². The van der Waals surface area contributed by atoms with E-state index in [1.165, 1.54) is 0 Å². The molecule has 3 N–H and O–H groups in total. The van der Waals surface area contributed by atoms with E-state index in [0.29, 0.717) is 19.4 Å². The number of alkyl carbamates (subject to hydrolysis) is 1. The first-order valence-corrected chi connectivity index (χ1v) is 7.72. The van der Waals surface area contributed by atoms with Gasteiger partial charge >= 0.3 is 12.1 Å². The summed E-state index contributed by atoms with van der Waals surface area (Å²) in [6, 6.07) is 8.55. The molecule has 0 heterocycles. The van der Waals surface area contributed by atoms with Gasteiger partial charge < -0.3 is 20.5 Å². The smallest absolute Gasteiger partial charge is 0.408 e. The molecule has 0 bridgehead atoms. The van der Waals surface area contributed by atoms with Crippen LogP contribution in [-0.4, -0.2) is 30.3 Å². The van der Waals surface area contributed by atoms with Gasteiger partial charge in [-0.25, -0.2) is 9.59 Å². The second-order valence-electron chi connectivity index (χ2n) is 6.22. The molecule has 0 aliphatic heterocycles. The molecule has 0 radical (unpaired) electrons. The number of carbonyl (C=O) groups excluding carboxylic acids is 2. The number of amides is 1. The normalized spacial score (nSPS) is 12.3. The van der Waals surface area contributed by atoms with Gasteiger partial charge in [-0.05, 0) is 45.7 Å². The quantitative estimate of drug-likeness (QED) is 0.752. The zero-order valence-electron chi connectivity index (χ0n) is 14.0. The van der Waals surface area contributed by atoms with Crippen molar-refractivity contribution in [1.82, 2.24) is 5.32 Å². The van der Waals surface area contributed by atoms with Crippen molar-refractivity contribution in [1.29, 1.82) is 0 Å². The Morgan fingerprint density at radius 2 is 1.87 bits per heavy atom. The van der Waals surface area contributed by atoms with Crippen LogP contribution in [0.2, 0.25) is 0 Å². The Bertz CT molecular complexity index is 497. The molecule has 0 saturated heterocycles. The van der Waals surface area contributed by atoms with Crippen LogP contribution < -0.4 is 11.1 Å². The summed E-state index contributed by atoms with van der Waals surface area (Å²) in [6.45, 7) is 5.90. The summed E-state index contributed by atoms with van der Waals surface area (Å²) in [6.07, 6.45) is 0.357. The zero-order chi connectivity index (χ0) is 17.3. The van der Waals surface area contributed by atoms with Gasteiger partial charge in [0.25, 0.3) is 0 Å². The van der Waals surface area contributed by atoms with Crippen molar-refractivity contribution < 1.29 is 19.1 Å². The average Bonchev–Trinajstić information content (AvgIpc) is 2.48. The predicted octanol–water partition coefficient (Wildman–Crippen LogP) is 2.36. The SMILES string of the molecule is CC(C)(C)OC(=O)[C@@H](CCCN)NC(=O)OCc1ccccc1. The van der Waals surface area contributed by atoms with Crippen molar-refractivity contribution in [2.75, 3.05) is 6.54 Å². The Labute approximate surface area is 137 Å². The largest absolute Gasteiger partial charge is 0.458 e. The number of esters is 1. The Morgan fingerprint density at radius 1 is 1.22 bits per heavy atom. The van der Waals surface area contributed by atoms with Gasteiger partial charge in [0.1, 0.15) is 18.2 Å². The fourth-order valence-corrected chi connectivity index (χ4v) is 1.85. The first-order chi connectivity index (χ1) is 10.8. The number of nitrogens with two attached hydrogens (primary N) is 1. The molecule has 1 atom stereocenters. The lowest BCUT2D eigenvalue weighted by Gasteiger charge is -2.24. The van der Waals surface area contributed by atoms with E-state index in [2.05, 4.69) is 5.32 Å². The third kappa shape index (κ3) is 8.21. The molecule has 23 heavy (non-hydrogen) atoms. The van der Waals surface area contributed by atoms with Crippen molar-refractivity contribution in [2.45, 2.75) is 51.9 Å². The van der Waals surface area contributed by atoms with Gasteiger partial charge in [0.15, 0.2) is 0 Å². The monoisotopic (exact) mass is 322 g/mol. The van der Waals surface area contributed by atoms with E-state index >= 15 is 0 Å². The number of benzene rings is 1. The van der Waals surface area contributed by atoms with E-state index in [1.807, 2.05) is 30.3 Å².